The van der Waals surface area contributed by atoms with Gasteiger partial charge in [0.1, 0.15) is 5.82 Å². The van der Waals surface area contributed by atoms with E-state index in [1.807, 2.05) is 0 Å². The van der Waals surface area contributed by atoms with Crippen LogP contribution in [0.5, 0.6) is 0 Å². The smallest absolute Gasteiger partial charge is 0.141 e. The Bertz CT molecular complexity index is 421. The molecule has 2 heterocycles. The van der Waals surface area contributed by atoms with Gasteiger partial charge in [-0.3, -0.25) is 4.98 Å². The van der Waals surface area contributed by atoms with Crippen LogP contribution in [-0.4, -0.2) is 35.6 Å². The summed E-state index contributed by atoms with van der Waals surface area (Å²) in [4.78, 5) is 6.81. The zero-order valence-electron chi connectivity index (χ0n) is 13.5. The highest BCUT2D eigenvalue weighted by Crippen LogP contribution is 2.24. The molecule has 1 saturated heterocycles. The maximum absolute atomic E-state index is 13.0. The minimum Gasteiger partial charge on any atom is -0.309 e. The first-order chi connectivity index (χ1) is 10.1. The van der Waals surface area contributed by atoms with E-state index < -0.39 is 0 Å². The minimum absolute atomic E-state index is 0.210. The molecule has 1 aliphatic heterocycles. The number of hydrogen-bond donors (Lipinski definition) is 1. The van der Waals surface area contributed by atoms with Crippen molar-refractivity contribution in [2.75, 3.05) is 19.6 Å². The lowest BCUT2D eigenvalue weighted by atomic mass is 9.93. The van der Waals surface area contributed by atoms with Gasteiger partial charge in [-0.2, -0.15) is 0 Å². The average Bonchev–Trinajstić information content (AvgIpc) is 2.46. The molecule has 1 aromatic heterocycles. The van der Waals surface area contributed by atoms with Gasteiger partial charge in [-0.05, 0) is 57.3 Å². The lowest BCUT2D eigenvalue weighted by molar-refractivity contribution is 0.124. The molecule has 3 atom stereocenters. The van der Waals surface area contributed by atoms with Crippen LogP contribution in [-0.2, 0) is 0 Å². The Labute approximate surface area is 127 Å². The molecular formula is C17H28FN3. The second-order valence-electron chi connectivity index (χ2n) is 6.31. The number of likely N-dealkylation sites (tertiary alicyclic amines) is 1. The Morgan fingerprint density at radius 2 is 2.24 bits per heavy atom. The van der Waals surface area contributed by atoms with Gasteiger partial charge in [0.2, 0.25) is 0 Å². The molecular weight excluding hydrogens is 265 g/mol. The van der Waals surface area contributed by atoms with E-state index in [0.29, 0.717) is 6.04 Å². The maximum Gasteiger partial charge on any atom is 0.141 e. The Kier molecular flexibility index (Phi) is 6.12. The van der Waals surface area contributed by atoms with E-state index in [1.54, 1.807) is 6.07 Å². The fourth-order valence-corrected chi connectivity index (χ4v) is 3.28. The highest BCUT2D eigenvalue weighted by Gasteiger charge is 2.23. The zero-order valence-corrected chi connectivity index (χ0v) is 13.5. The van der Waals surface area contributed by atoms with E-state index in [0.717, 1.165) is 31.1 Å². The van der Waals surface area contributed by atoms with Gasteiger partial charge in [-0.25, -0.2) is 4.39 Å². The van der Waals surface area contributed by atoms with Gasteiger partial charge >= 0.3 is 0 Å². The molecule has 1 N–H and O–H groups in total. The third kappa shape index (κ3) is 4.75. The normalized spacial score (nSPS) is 25.0. The molecule has 21 heavy (non-hydrogen) atoms. The van der Waals surface area contributed by atoms with E-state index in [9.17, 15) is 4.39 Å². The van der Waals surface area contributed by atoms with Crippen molar-refractivity contribution in [3.63, 3.8) is 0 Å². The number of hydrogen-bond acceptors (Lipinski definition) is 3. The summed E-state index contributed by atoms with van der Waals surface area (Å²) < 4.78 is 13.0. The summed E-state index contributed by atoms with van der Waals surface area (Å²) in [6.45, 7) is 9.94. The lowest BCUT2D eigenvalue weighted by Gasteiger charge is -2.37. The molecule has 3 nitrogen and oxygen atoms in total. The zero-order chi connectivity index (χ0) is 15.2. The van der Waals surface area contributed by atoms with Crippen molar-refractivity contribution in [3.8, 4) is 0 Å². The Morgan fingerprint density at radius 3 is 2.86 bits per heavy atom. The lowest BCUT2D eigenvalue weighted by Crippen LogP contribution is -2.41. The average molecular weight is 293 g/mol. The fourth-order valence-electron chi connectivity index (χ4n) is 3.28. The first-order valence-corrected chi connectivity index (χ1v) is 8.19. The summed E-state index contributed by atoms with van der Waals surface area (Å²) in [5.74, 6) is 0.576. The molecule has 3 unspecified atom stereocenters. The molecule has 0 spiro atoms. The van der Waals surface area contributed by atoms with Crippen LogP contribution in [0.2, 0.25) is 0 Å². The predicted octanol–water partition coefficient (Wildman–Crippen LogP) is 3.38. The third-order valence-electron chi connectivity index (χ3n) is 4.54. The molecule has 1 fully saturated rings. The molecule has 1 aromatic rings. The summed E-state index contributed by atoms with van der Waals surface area (Å²) in [5, 5.41) is 3.47. The minimum atomic E-state index is -0.271. The summed E-state index contributed by atoms with van der Waals surface area (Å²) in [7, 11) is 0. The van der Waals surface area contributed by atoms with Crippen molar-refractivity contribution >= 4 is 0 Å². The Hall–Kier alpha value is -1.00. The summed E-state index contributed by atoms with van der Waals surface area (Å²) >= 11 is 0. The van der Waals surface area contributed by atoms with Crippen LogP contribution in [0.25, 0.3) is 0 Å². The van der Waals surface area contributed by atoms with Crippen LogP contribution in [0.1, 0.15) is 51.8 Å². The molecule has 4 heteroatoms. The van der Waals surface area contributed by atoms with Gasteiger partial charge < -0.3 is 10.2 Å². The van der Waals surface area contributed by atoms with Crippen molar-refractivity contribution in [2.24, 2.45) is 5.92 Å². The van der Waals surface area contributed by atoms with Crippen LogP contribution in [0.3, 0.4) is 0 Å². The number of halogens is 1. The molecule has 0 aliphatic carbocycles. The van der Waals surface area contributed by atoms with Crippen molar-refractivity contribution in [3.05, 3.63) is 29.8 Å². The topological polar surface area (TPSA) is 28.2 Å². The van der Waals surface area contributed by atoms with Crippen LogP contribution in [0, 0.1) is 11.7 Å². The van der Waals surface area contributed by atoms with Gasteiger partial charge in [0.25, 0.3) is 0 Å². The first-order valence-electron chi connectivity index (χ1n) is 8.19. The van der Waals surface area contributed by atoms with E-state index in [4.69, 9.17) is 0 Å². The number of aromatic nitrogens is 1. The fraction of sp³-hybridized carbons (Fsp3) is 0.706. The number of nitrogens with one attached hydrogen (secondary N) is 1. The Balaban J connectivity index is 1.92. The molecule has 0 radical (unpaired) electrons. The van der Waals surface area contributed by atoms with Crippen molar-refractivity contribution in [1.82, 2.24) is 15.2 Å². The standard InChI is InChI=1S/C17H28FN3/c1-4-19-17(16-6-5-15(18)12-20-16)8-10-21-9-7-13(2)11-14(21)3/h5-6,12-14,17,19H,4,7-11H2,1-3H3. The van der Waals surface area contributed by atoms with Crippen molar-refractivity contribution in [2.45, 2.75) is 52.1 Å². The van der Waals surface area contributed by atoms with Crippen molar-refractivity contribution < 1.29 is 4.39 Å². The van der Waals surface area contributed by atoms with E-state index in [1.165, 1.54) is 31.6 Å². The molecule has 1 aliphatic rings. The molecule has 0 amide bonds. The summed E-state index contributed by atoms with van der Waals surface area (Å²) in [5.41, 5.74) is 0.941. The molecule has 118 valence electrons. The van der Waals surface area contributed by atoms with Crippen LogP contribution in [0.4, 0.5) is 4.39 Å². The number of piperidine rings is 1. The highest BCUT2D eigenvalue weighted by atomic mass is 19.1. The van der Waals surface area contributed by atoms with Crippen LogP contribution in [0.15, 0.2) is 18.3 Å². The molecule has 0 aromatic carbocycles. The van der Waals surface area contributed by atoms with Crippen LogP contribution < -0.4 is 5.32 Å². The Morgan fingerprint density at radius 1 is 1.43 bits per heavy atom. The van der Waals surface area contributed by atoms with E-state index in [-0.39, 0.29) is 11.9 Å². The van der Waals surface area contributed by atoms with Crippen molar-refractivity contribution in [1.29, 1.82) is 0 Å². The second-order valence-corrected chi connectivity index (χ2v) is 6.31. The quantitative estimate of drug-likeness (QED) is 0.871. The number of pyridine rings is 1. The molecule has 0 bridgehead atoms. The van der Waals surface area contributed by atoms with Gasteiger partial charge in [-0.1, -0.05) is 13.8 Å². The number of nitrogens with zero attached hydrogens (tertiary/aromatic N) is 2. The predicted molar refractivity (Wildman–Crippen MR) is 84.7 cm³/mol. The van der Waals surface area contributed by atoms with E-state index in [2.05, 4.69) is 36.0 Å². The summed E-state index contributed by atoms with van der Waals surface area (Å²) in [6.07, 6.45) is 4.92. The van der Waals surface area contributed by atoms with Gasteiger partial charge in [0.15, 0.2) is 0 Å². The van der Waals surface area contributed by atoms with Gasteiger partial charge in [0.05, 0.1) is 17.9 Å². The third-order valence-corrected chi connectivity index (χ3v) is 4.54. The maximum atomic E-state index is 13.0. The largest absolute Gasteiger partial charge is 0.309 e. The van der Waals surface area contributed by atoms with Gasteiger partial charge in [-0.15, -0.1) is 0 Å². The van der Waals surface area contributed by atoms with Crippen LogP contribution >= 0.6 is 0 Å². The number of rotatable bonds is 6. The second kappa shape index (κ2) is 7.85. The molecule has 0 saturated carbocycles. The highest BCUT2D eigenvalue weighted by molar-refractivity contribution is 5.10. The SMILES string of the molecule is CCNC(CCN1CCC(C)CC1C)c1ccc(F)cn1. The molecule has 2 rings (SSSR count). The first kappa shape index (κ1) is 16.4. The summed E-state index contributed by atoms with van der Waals surface area (Å²) in [6, 6.07) is 4.17. The van der Waals surface area contributed by atoms with Gasteiger partial charge in [0, 0.05) is 12.6 Å². The monoisotopic (exact) mass is 293 g/mol. The van der Waals surface area contributed by atoms with E-state index >= 15 is 0 Å².